The molecule has 0 aliphatic carbocycles. The third kappa shape index (κ3) is 106. The average Bonchev–Trinajstić information content (AvgIpc) is 1.87. The van der Waals surface area contributed by atoms with Crippen LogP contribution >= 0.6 is 0 Å². The first kappa shape index (κ1) is 152. The second kappa shape index (κ2) is 91.8. The monoisotopic (exact) mass is 2020 g/mol. The Morgan fingerprint density at radius 1 is 0.371 bits per heavy atom. The van der Waals surface area contributed by atoms with Gasteiger partial charge in [0.2, 0.25) is 34.7 Å². The van der Waals surface area contributed by atoms with E-state index in [1.807, 2.05) is 206 Å². The Bertz CT molecular complexity index is 4020. The lowest BCUT2D eigenvalue weighted by Crippen LogP contribution is -2.33. The van der Waals surface area contributed by atoms with Gasteiger partial charge in [-0.1, -0.05) is 319 Å². The van der Waals surface area contributed by atoms with E-state index in [1.165, 1.54) is 23.5 Å². The highest BCUT2D eigenvalue weighted by Crippen LogP contribution is 2.19. The minimum absolute atomic E-state index is 0.00926. The van der Waals surface area contributed by atoms with Gasteiger partial charge in [0.15, 0.2) is 17.5 Å². The maximum atomic E-state index is 11.0. The van der Waals surface area contributed by atoms with Crippen LogP contribution in [0.1, 0.15) is 435 Å². The molecule has 7 aromatic heterocycles. The summed E-state index contributed by atoms with van der Waals surface area (Å²) in [4.78, 5) is 101. The normalized spacial score (nSPS) is 11.3. The average molecular weight is 2020 g/mol. The van der Waals surface area contributed by atoms with E-state index < -0.39 is 0 Å². The van der Waals surface area contributed by atoms with Gasteiger partial charge in [-0.05, 0) is 108 Å². The Morgan fingerprint density at radius 2 is 0.650 bits per heavy atom. The molecule has 1 aliphatic heterocycles. The lowest BCUT2D eigenvalue weighted by Gasteiger charge is -2.09. The van der Waals surface area contributed by atoms with Gasteiger partial charge in [-0.2, -0.15) is 20.8 Å². The fraction of sp³-hybridized carbons (Fsp3) is 0.724. The zero-order valence-corrected chi connectivity index (χ0v) is 98.3. The van der Waals surface area contributed by atoms with Crippen molar-refractivity contribution in [1.29, 1.82) is 0 Å². The minimum Gasteiger partial charge on any atom is -0.509 e. The molecule has 0 saturated heterocycles. The van der Waals surface area contributed by atoms with Crippen LogP contribution in [0.2, 0.25) is 0 Å². The molecule has 0 spiro atoms. The van der Waals surface area contributed by atoms with Gasteiger partial charge in [0.05, 0.1) is 17.4 Å². The fourth-order valence-electron chi connectivity index (χ4n) is 7.42. The van der Waals surface area contributed by atoms with Gasteiger partial charge in [0.1, 0.15) is 35.5 Å². The second-order valence-electron chi connectivity index (χ2n) is 41.5. The number of amidine groups is 2. The van der Waals surface area contributed by atoms with Crippen LogP contribution in [0.4, 0.5) is 0 Å². The number of imidazole rings is 2. The Balaban J connectivity index is -0.000000164. The molecule has 1 aliphatic rings. The lowest BCUT2D eigenvalue weighted by atomic mass is 9.99. The summed E-state index contributed by atoms with van der Waals surface area (Å²) in [6.07, 6.45) is 7.79. The molecule has 826 valence electrons. The second-order valence-corrected chi connectivity index (χ2v) is 41.5. The standard InChI is InChI=1S/2C9H16N2.C8H16O2.C8H16O.2C7H16N2.2C7H15NO.C5H9N3.2C5H5NO.3C4H8N4.2C4H9NO.2C4H10/c2*1-6(2)8-5-10-9(11-8)7(3)4;1-5(2)7(9)8(10)6(3)4;1-6(2)5-8(9)7(3)4;2*1-5(2)7(8)9-6(3)4;2*1-5(2)7(9)8-6(3)4;1-4(2)5-3-6-8-7-5;2*7-5-3-1-2-4-6-5;3*1-3(2)4-5-7-8-6-4;2*1-3(2)4(5)6;2*1-4(2)3/h2*5-7H,1-4H3,(H,10,11);5-6,9-10H,1-4H3;6-7H,5H2,1-4H3;2*5-6H,1-4H3,(H2,8,9);2*5-6H,1-4H3,(H,8,9);4H,3H2,1-2H3;2*1-4H,(H,6,7);3*3H,1-2H3,(H,5,6,7,8);2*3H,1-2H3,(H2,5,6);2*4H,1-3H3/b;;8-7+;;;;;;;;;;;;;;;. The number of aromatic nitrogens is 18. The van der Waals surface area contributed by atoms with Crippen LogP contribution in [0.3, 0.4) is 0 Å². The molecule has 0 radical (unpaired) electrons. The molecule has 143 heavy (non-hydrogen) atoms. The summed E-state index contributed by atoms with van der Waals surface area (Å²) in [6.45, 7) is 101. The topological polar surface area (TPSA) is 602 Å². The number of carbonyl (C=O) groups is 5. The Morgan fingerprint density at radius 3 is 0.741 bits per heavy atom. The number of aliphatic hydroxyl groups is 2. The molecule has 8 heterocycles. The highest BCUT2D eigenvalue weighted by Gasteiger charge is 2.15. The molecular weight excluding hydrogens is 1810 g/mol. The van der Waals surface area contributed by atoms with E-state index >= 15 is 0 Å². The number of aromatic amines is 7. The number of amides is 4. The highest BCUT2D eigenvalue weighted by molar-refractivity contribution is 5.88. The number of pyridine rings is 2. The summed E-state index contributed by atoms with van der Waals surface area (Å²) >= 11 is 0. The number of primary amides is 2. The van der Waals surface area contributed by atoms with Crippen molar-refractivity contribution in [2.75, 3.05) is 6.54 Å². The molecule has 0 fully saturated rings. The number of ketones is 1. The van der Waals surface area contributed by atoms with Gasteiger partial charge in [-0.15, -0.1) is 35.7 Å². The number of nitrogens with zero attached hydrogens (tertiary/aromatic N) is 16. The quantitative estimate of drug-likeness (QED) is 0.0161. The maximum absolute atomic E-state index is 11.0. The predicted octanol–water partition coefficient (Wildman–Crippen LogP) is 22.1. The van der Waals surface area contributed by atoms with E-state index in [1.54, 1.807) is 64.4 Å². The number of H-pyrrole nitrogens is 7. The van der Waals surface area contributed by atoms with Crippen LogP contribution in [-0.4, -0.2) is 179 Å². The van der Waals surface area contributed by atoms with Crippen molar-refractivity contribution in [3.05, 3.63) is 134 Å². The zero-order valence-electron chi connectivity index (χ0n) is 98.3. The zero-order chi connectivity index (χ0) is 114. The summed E-state index contributed by atoms with van der Waals surface area (Å²) in [5.74, 6) is 13.5. The van der Waals surface area contributed by atoms with Gasteiger partial charge in [-0.3, -0.25) is 43.5 Å². The van der Waals surface area contributed by atoms with E-state index in [2.05, 4.69) is 252 Å². The van der Waals surface area contributed by atoms with Gasteiger partial charge >= 0.3 is 0 Å². The number of aliphatic hydroxyl groups excluding tert-OH is 2. The van der Waals surface area contributed by atoms with Gasteiger partial charge in [-0.25, -0.2) is 9.97 Å². The van der Waals surface area contributed by atoms with Crippen molar-refractivity contribution in [2.24, 2.45) is 125 Å². The molecule has 19 N–H and O–H groups in total. The molecule has 7 aromatic rings. The van der Waals surface area contributed by atoms with Crippen LogP contribution < -0.4 is 44.7 Å². The SMILES string of the molecule is CC(C)/C(O)=C(\O)C(C)C.CC(C)C.CC(C)C.CC(C)C(N)=O.CC(C)C(N)=O.CC(C)C1=NN=NC1.CC(C)CC(=O)C(C)C.CC(C)N=C(N)C(C)C.CC(C)N=C(N)C(C)C.CC(C)NC(=O)C(C)C.CC(C)NC(=O)C(C)C.CC(C)c1cnc(C(C)C)[nH]1.CC(C)c1cnc(C(C)C)[nH]1.CC(C)c1nn[nH]n1.CC(C)c1nn[nH]n1.CC(C)c1nn[nH]n1.O=c1cccc[nH]1.O=c1cccc[nH]1. The molecule has 0 atom stereocenters. The highest BCUT2D eigenvalue weighted by atomic mass is 16.3. The van der Waals surface area contributed by atoms with Crippen molar-refractivity contribution in [3.63, 3.8) is 0 Å². The molecular formula is C105H207N29O9. The van der Waals surface area contributed by atoms with E-state index in [4.69, 9.17) is 22.9 Å². The number of nitrogens with one attached hydrogen (secondary N) is 9. The van der Waals surface area contributed by atoms with Crippen molar-refractivity contribution in [1.82, 2.24) is 102 Å². The molecule has 4 amide bonds. The minimum atomic E-state index is -0.241. The van der Waals surface area contributed by atoms with Crippen molar-refractivity contribution < 1.29 is 34.2 Å². The summed E-state index contributed by atoms with van der Waals surface area (Å²) in [5, 5.41) is 75.0. The molecule has 8 rings (SSSR count). The van der Waals surface area contributed by atoms with Crippen molar-refractivity contribution in [3.8, 4) is 0 Å². The number of Topliss-reactive ketones (excluding diaryl/α,β-unsaturated/α-hetero) is 1. The maximum Gasteiger partial charge on any atom is 0.247 e. The number of nitrogens with two attached hydrogens (primary N) is 4. The summed E-state index contributed by atoms with van der Waals surface area (Å²) in [7, 11) is 0. The van der Waals surface area contributed by atoms with Crippen LogP contribution in [0.25, 0.3) is 0 Å². The van der Waals surface area contributed by atoms with E-state index in [0.29, 0.717) is 89.5 Å². The Labute approximate surface area is 862 Å². The Hall–Kier alpha value is -11.4. The first-order valence-electron chi connectivity index (χ1n) is 50.6. The number of aliphatic imine (C=N–C) groups is 2. The lowest BCUT2D eigenvalue weighted by molar-refractivity contribution is -0.125. The van der Waals surface area contributed by atoms with E-state index in [0.717, 1.165) is 64.8 Å². The van der Waals surface area contributed by atoms with Crippen LogP contribution in [0, 0.1) is 76.9 Å². The van der Waals surface area contributed by atoms with Gasteiger partial charge in [0.25, 0.3) is 0 Å². The molecule has 38 nitrogen and oxygen atoms in total. The van der Waals surface area contributed by atoms with Gasteiger partial charge < -0.3 is 63.7 Å². The van der Waals surface area contributed by atoms with Crippen LogP contribution in [0.5, 0.6) is 0 Å². The predicted molar refractivity (Wildman–Crippen MR) is 594 cm³/mol. The number of hydrogen-bond acceptors (Lipinski definition) is 25. The number of tetrazole rings is 3. The van der Waals surface area contributed by atoms with Crippen LogP contribution in [-0.2, 0) is 24.0 Å². The summed E-state index contributed by atoms with van der Waals surface area (Å²) in [5.41, 5.74) is 24.2. The molecule has 0 aromatic carbocycles. The molecule has 0 unspecified atom stereocenters. The third-order valence-corrected chi connectivity index (χ3v) is 16.4. The number of allylic oxidation sites excluding steroid dienone is 2. The molecule has 0 saturated carbocycles. The van der Waals surface area contributed by atoms with Crippen molar-refractivity contribution >= 4 is 46.8 Å². The molecule has 0 bridgehead atoms. The summed E-state index contributed by atoms with van der Waals surface area (Å²) in [6, 6.07) is 11.0. The first-order valence-corrected chi connectivity index (χ1v) is 50.6. The third-order valence-electron chi connectivity index (χ3n) is 16.4. The van der Waals surface area contributed by atoms with Gasteiger partial charge in [0, 0.05) is 162 Å². The molecule has 38 heteroatoms. The number of rotatable bonds is 23. The largest absolute Gasteiger partial charge is 0.509 e. The first-order chi connectivity index (χ1) is 65.6. The van der Waals surface area contributed by atoms with E-state index in [9.17, 15) is 43.8 Å². The number of carbonyl (C=O) groups excluding carboxylic acids is 5. The Kier molecular flexibility index (Phi) is 97.5. The van der Waals surface area contributed by atoms with E-state index in [-0.39, 0.29) is 99.8 Å². The summed E-state index contributed by atoms with van der Waals surface area (Å²) < 4.78 is 0. The fourth-order valence-corrected chi connectivity index (χ4v) is 7.42. The van der Waals surface area contributed by atoms with Crippen LogP contribution in [0.15, 0.2) is 108 Å². The smallest absolute Gasteiger partial charge is 0.247 e. The number of hydrogen-bond donors (Lipinski definition) is 15. The van der Waals surface area contributed by atoms with Crippen molar-refractivity contribution in [2.45, 2.75) is 418 Å².